The lowest BCUT2D eigenvalue weighted by atomic mass is 10.2. The molecule has 0 amide bonds. The summed E-state index contributed by atoms with van der Waals surface area (Å²) < 4.78 is 13.1. The van der Waals surface area contributed by atoms with E-state index in [2.05, 4.69) is 30.6 Å². The van der Waals surface area contributed by atoms with Crippen LogP contribution in [0.3, 0.4) is 0 Å². The molecule has 0 aliphatic rings. The second-order valence-electron chi connectivity index (χ2n) is 6.50. The number of pyridine rings is 1. The number of benzene rings is 2. The first-order valence-electron chi connectivity index (χ1n) is 9.31. The number of rotatable bonds is 7. The van der Waals surface area contributed by atoms with Crippen LogP contribution in [-0.2, 0) is 13.2 Å². The molecule has 3 N–H and O–H groups in total. The molecule has 4 aromatic rings. The van der Waals surface area contributed by atoms with Gasteiger partial charge in [0.15, 0.2) is 5.82 Å². The molecule has 0 atom stereocenters. The zero-order valence-corrected chi connectivity index (χ0v) is 16.0. The van der Waals surface area contributed by atoms with Crippen molar-refractivity contribution in [1.29, 1.82) is 0 Å². The highest BCUT2D eigenvalue weighted by atomic mass is 19.1. The summed E-state index contributed by atoms with van der Waals surface area (Å²) in [6.07, 6.45) is 3.11. The van der Waals surface area contributed by atoms with Crippen molar-refractivity contribution in [1.82, 2.24) is 19.9 Å². The number of aliphatic hydroxyl groups excluding tert-OH is 1. The fourth-order valence-electron chi connectivity index (χ4n) is 2.88. The van der Waals surface area contributed by atoms with Gasteiger partial charge in [-0.2, -0.15) is 4.98 Å². The molecule has 0 aliphatic heterocycles. The van der Waals surface area contributed by atoms with Crippen LogP contribution < -0.4 is 10.6 Å². The second-order valence-corrected chi connectivity index (χ2v) is 6.50. The molecule has 8 heteroatoms. The predicted octanol–water partition coefficient (Wildman–Crippen LogP) is 3.92. The van der Waals surface area contributed by atoms with Crippen molar-refractivity contribution >= 4 is 17.5 Å². The molecule has 2 aromatic heterocycles. The SMILES string of the molecule is OCc1cccc(Nc2ncnc(-c3cccnc3NCc3ccc(F)cc3)n2)c1. The Morgan fingerprint density at radius 2 is 1.77 bits per heavy atom. The minimum Gasteiger partial charge on any atom is -0.392 e. The number of nitrogens with zero attached hydrogens (tertiary/aromatic N) is 4. The van der Waals surface area contributed by atoms with Gasteiger partial charge in [0.25, 0.3) is 0 Å². The van der Waals surface area contributed by atoms with Crippen molar-refractivity contribution in [3.8, 4) is 11.4 Å². The van der Waals surface area contributed by atoms with Crippen LogP contribution in [0.15, 0.2) is 73.2 Å². The van der Waals surface area contributed by atoms with E-state index in [9.17, 15) is 9.50 Å². The fraction of sp³-hybridized carbons (Fsp3) is 0.0909. The smallest absolute Gasteiger partial charge is 0.230 e. The van der Waals surface area contributed by atoms with Gasteiger partial charge in [0.2, 0.25) is 5.95 Å². The third kappa shape index (κ3) is 4.73. The first kappa shape index (κ1) is 19.4. The largest absolute Gasteiger partial charge is 0.392 e. The molecule has 0 bridgehead atoms. The maximum Gasteiger partial charge on any atom is 0.230 e. The van der Waals surface area contributed by atoms with Gasteiger partial charge in [-0.15, -0.1) is 0 Å². The van der Waals surface area contributed by atoms with Gasteiger partial charge in [-0.1, -0.05) is 24.3 Å². The first-order chi connectivity index (χ1) is 14.7. The van der Waals surface area contributed by atoms with Crippen molar-refractivity contribution in [2.75, 3.05) is 10.6 Å². The topological polar surface area (TPSA) is 95.9 Å². The van der Waals surface area contributed by atoms with Crippen molar-refractivity contribution in [2.45, 2.75) is 13.2 Å². The lowest BCUT2D eigenvalue weighted by molar-refractivity contribution is 0.282. The quantitative estimate of drug-likeness (QED) is 0.431. The van der Waals surface area contributed by atoms with Crippen LogP contribution in [0.2, 0.25) is 0 Å². The number of anilines is 3. The lowest BCUT2D eigenvalue weighted by Crippen LogP contribution is -2.05. The van der Waals surface area contributed by atoms with Gasteiger partial charge in [0.1, 0.15) is 18.0 Å². The van der Waals surface area contributed by atoms with E-state index in [1.165, 1.54) is 18.5 Å². The van der Waals surface area contributed by atoms with Crippen LogP contribution in [0.5, 0.6) is 0 Å². The van der Waals surface area contributed by atoms with Gasteiger partial charge >= 0.3 is 0 Å². The highest BCUT2D eigenvalue weighted by Gasteiger charge is 2.11. The van der Waals surface area contributed by atoms with Crippen molar-refractivity contribution in [3.63, 3.8) is 0 Å². The van der Waals surface area contributed by atoms with Gasteiger partial charge < -0.3 is 15.7 Å². The molecule has 0 unspecified atom stereocenters. The average Bonchev–Trinajstić information content (AvgIpc) is 2.79. The molecule has 0 radical (unpaired) electrons. The molecule has 0 saturated carbocycles. The van der Waals surface area contributed by atoms with Crippen LogP contribution in [0.1, 0.15) is 11.1 Å². The predicted molar refractivity (Wildman–Crippen MR) is 112 cm³/mol. The van der Waals surface area contributed by atoms with Crippen molar-refractivity contribution < 1.29 is 9.50 Å². The Morgan fingerprint density at radius 1 is 0.900 bits per heavy atom. The van der Waals surface area contributed by atoms with E-state index in [-0.39, 0.29) is 12.4 Å². The summed E-state index contributed by atoms with van der Waals surface area (Å²) in [5.74, 6) is 1.18. The van der Waals surface area contributed by atoms with E-state index in [1.54, 1.807) is 24.4 Å². The number of hydrogen-bond acceptors (Lipinski definition) is 7. The molecule has 0 spiro atoms. The van der Waals surface area contributed by atoms with Crippen molar-refractivity contribution in [3.05, 3.63) is 90.1 Å². The number of halogens is 1. The molecule has 2 aromatic carbocycles. The molecule has 150 valence electrons. The maximum absolute atomic E-state index is 13.1. The molecule has 2 heterocycles. The lowest BCUT2D eigenvalue weighted by Gasteiger charge is -2.11. The van der Waals surface area contributed by atoms with E-state index >= 15 is 0 Å². The molecule has 0 fully saturated rings. The minimum atomic E-state index is -0.271. The molecule has 0 saturated heterocycles. The van der Waals surface area contributed by atoms with Gasteiger partial charge in [-0.05, 0) is 47.5 Å². The van der Waals surface area contributed by atoms with Gasteiger partial charge in [-0.3, -0.25) is 0 Å². The van der Waals surface area contributed by atoms with E-state index in [0.717, 1.165) is 16.8 Å². The maximum atomic E-state index is 13.1. The monoisotopic (exact) mass is 402 g/mol. The number of aromatic nitrogens is 4. The highest BCUT2D eigenvalue weighted by molar-refractivity contribution is 5.70. The van der Waals surface area contributed by atoms with E-state index in [1.807, 2.05) is 30.3 Å². The molecule has 4 rings (SSSR count). The molecule has 7 nitrogen and oxygen atoms in total. The molecular formula is C22H19FN6O. The Labute approximate surface area is 172 Å². The standard InChI is InChI=1S/C22H19FN6O/c23-17-8-6-15(7-9-17)12-25-20-19(5-2-10-24-20)21-26-14-27-22(29-21)28-18-4-1-3-16(11-18)13-30/h1-11,14,30H,12-13H2,(H,24,25)(H,26,27,28,29). The zero-order chi connectivity index (χ0) is 20.8. The minimum absolute atomic E-state index is 0.0449. The second kappa shape index (κ2) is 9.06. The summed E-state index contributed by atoms with van der Waals surface area (Å²) in [5, 5.41) is 15.7. The van der Waals surface area contributed by atoms with Crippen LogP contribution in [0.25, 0.3) is 11.4 Å². The van der Waals surface area contributed by atoms with Crippen LogP contribution in [-0.4, -0.2) is 25.0 Å². The number of hydrogen-bond donors (Lipinski definition) is 3. The Balaban J connectivity index is 1.55. The Bertz CT molecular complexity index is 1140. The normalized spacial score (nSPS) is 10.6. The zero-order valence-electron chi connectivity index (χ0n) is 16.0. The third-order valence-corrected chi connectivity index (χ3v) is 4.36. The van der Waals surface area contributed by atoms with Gasteiger partial charge in [-0.25, -0.2) is 19.3 Å². The van der Waals surface area contributed by atoms with Crippen LogP contribution in [0, 0.1) is 5.82 Å². The van der Waals surface area contributed by atoms with E-state index in [4.69, 9.17) is 0 Å². The molecular weight excluding hydrogens is 383 g/mol. The summed E-state index contributed by atoms with van der Waals surface area (Å²) in [6, 6.07) is 17.3. The summed E-state index contributed by atoms with van der Waals surface area (Å²) in [5.41, 5.74) is 3.19. The van der Waals surface area contributed by atoms with E-state index < -0.39 is 0 Å². The number of aliphatic hydroxyl groups is 1. The Hall–Kier alpha value is -3.91. The Kier molecular flexibility index (Phi) is 5.86. The number of nitrogens with one attached hydrogen (secondary N) is 2. The van der Waals surface area contributed by atoms with Crippen LogP contribution >= 0.6 is 0 Å². The first-order valence-corrected chi connectivity index (χ1v) is 9.31. The molecule has 0 aliphatic carbocycles. The van der Waals surface area contributed by atoms with E-state index in [0.29, 0.717) is 29.7 Å². The summed E-state index contributed by atoms with van der Waals surface area (Å²) in [7, 11) is 0. The summed E-state index contributed by atoms with van der Waals surface area (Å²) in [6.45, 7) is 0.436. The van der Waals surface area contributed by atoms with Gasteiger partial charge in [0.05, 0.1) is 12.2 Å². The van der Waals surface area contributed by atoms with Crippen LogP contribution in [0.4, 0.5) is 21.8 Å². The summed E-state index contributed by atoms with van der Waals surface area (Å²) in [4.78, 5) is 17.3. The van der Waals surface area contributed by atoms with Gasteiger partial charge in [0, 0.05) is 18.4 Å². The Morgan fingerprint density at radius 3 is 2.60 bits per heavy atom. The van der Waals surface area contributed by atoms with Crippen molar-refractivity contribution in [2.24, 2.45) is 0 Å². The summed E-state index contributed by atoms with van der Waals surface area (Å²) >= 11 is 0. The fourth-order valence-corrected chi connectivity index (χ4v) is 2.88. The average molecular weight is 402 g/mol. The highest BCUT2D eigenvalue weighted by Crippen LogP contribution is 2.24. The molecule has 30 heavy (non-hydrogen) atoms. The third-order valence-electron chi connectivity index (χ3n) is 4.36.